The van der Waals surface area contributed by atoms with Crippen molar-refractivity contribution >= 4 is 44.2 Å². The van der Waals surface area contributed by atoms with Crippen molar-refractivity contribution in [2.24, 2.45) is 0 Å². The van der Waals surface area contributed by atoms with Gasteiger partial charge in [0.15, 0.2) is 15.4 Å². The molecular formula is C29H30FN5O4S. The second-order valence-corrected chi connectivity index (χ2v) is 12.6. The van der Waals surface area contributed by atoms with Gasteiger partial charge in [0.05, 0.1) is 17.1 Å². The van der Waals surface area contributed by atoms with Crippen molar-refractivity contribution in [3.8, 4) is 11.1 Å². The molecule has 40 heavy (non-hydrogen) atoms. The molecule has 0 atom stereocenters. The van der Waals surface area contributed by atoms with E-state index in [9.17, 15) is 13.2 Å². The van der Waals surface area contributed by atoms with Gasteiger partial charge in [-0.1, -0.05) is 18.2 Å². The molecule has 11 heteroatoms. The standard InChI is InChI=1S/C29H30FN5O4S/c1-33-11-13-34(14-12-33)22-8-6-21(7-9-22)31-29-32-26-4-2-3-23(27(26)39-29)20-5-10-24(25(30)19-20)28(36)35-15-17-40(37,38)18-16-35/h2-10,19H,11-18H2,1H3,(H,31,32). The lowest BCUT2D eigenvalue weighted by molar-refractivity contribution is 0.0765. The molecule has 3 aromatic carbocycles. The number of para-hydroxylation sites is 1. The zero-order valence-electron chi connectivity index (χ0n) is 22.1. The van der Waals surface area contributed by atoms with Crippen LogP contribution in [0.2, 0.25) is 0 Å². The summed E-state index contributed by atoms with van der Waals surface area (Å²) in [5.74, 6) is -1.40. The first-order chi connectivity index (χ1) is 19.3. The number of rotatable bonds is 5. The highest BCUT2D eigenvalue weighted by molar-refractivity contribution is 7.91. The normalized spacial score (nSPS) is 17.8. The summed E-state index contributed by atoms with van der Waals surface area (Å²) < 4.78 is 44.6. The summed E-state index contributed by atoms with van der Waals surface area (Å²) in [6.45, 7) is 4.20. The number of hydrogen-bond donors (Lipinski definition) is 1. The number of nitrogens with one attached hydrogen (secondary N) is 1. The summed E-state index contributed by atoms with van der Waals surface area (Å²) >= 11 is 0. The Morgan fingerprint density at radius 3 is 2.38 bits per heavy atom. The third kappa shape index (κ3) is 5.39. The van der Waals surface area contributed by atoms with Crippen molar-refractivity contribution in [1.29, 1.82) is 0 Å². The molecule has 1 aromatic heterocycles. The summed E-state index contributed by atoms with van der Waals surface area (Å²) in [7, 11) is -1.01. The molecule has 0 spiro atoms. The lowest BCUT2D eigenvalue weighted by Crippen LogP contribution is -2.44. The average molecular weight is 564 g/mol. The van der Waals surface area contributed by atoms with Gasteiger partial charge in [-0.15, -0.1) is 0 Å². The number of anilines is 3. The molecule has 2 fully saturated rings. The van der Waals surface area contributed by atoms with E-state index < -0.39 is 21.6 Å². The number of carbonyl (C=O) groups is 1. The fourth-order valence-corrected chi connectivity index (χ4v) is 6.32. The van der Waals surface area contributed by atoms with Gasteiger partial charge in [0, 0.05) is 56.2 Å². The van der Waals surface area contributed by atoms with Crippen LogP contribution in [0.25, 0.3) is 22.2 Å². The van der Waals surface area contributed by atoms with Crippen LogP contribution in [-0.2, 0) is 9.84 Å². The van der Waals surface area contributed by atoms with Gasteiger partial charge in [-0.3, -0.25) is 4.79 Å². The SMILES string of the molecule is CN1CCN(c2ccc(Nc3nc4cccc(-c5ccc(C(=O)N6CCS(=O)(=O)CC6)c(F)c5)c4o3)cc2)CC1. The van der Waals surface area contributed by atoms with Crippen molar-refractivity contribution in [2.45, 2.75) is 0 Å². The topological polar surface area (TPSA) is 99.0 Å². The molecule has 0 bridgehead atoms. The van der Waals surface area contributed by atoms with E-state index in [1.807, 2.05) is 30.3 Å². The number of benzene rings is 3. The third-order valence-electron chi connectivity index (χ3n) is 7.54. The molecule has 1 N–H and O–H groups in total. The molecule has 9 nitrogen and oxygen atoms in total. The van der Waals surface area contributed by atoms with Crippen LogP contribution >= 0.6 is 0 Å². The largest absolute Gasteiger partial charge is 0.423 e. The van der Waals surface area contributed by atoms with Gasteiger partial charge in [-0.2, -0.15) is 4.98 Å². The minimum Gasteiger partial charge on any atom is -0.423 e. The summed E-state index contributed by atoms with van der Waals surface area (Å²) in [5.41, 5.74) is 4.22. The lowest BCUT2D eigenvalue weighted by Gasteiger charge is -2.34. The summed E-state index contributed by atoms with van der Waals surface area (Å²) in [6.07, 6.45) is 0. The van der Waals surface area contributed by atoms with Crippen molar-refractivity contribution in [1.82, 2.24) is 14.8 Å². The van der Waals surface area contributed by atoms with E-state index >= 15 is 4.39 Å². The average Bonchev–Trinajstić information content (AvgIpc) is 3.36. The molecule has 0 aliphatic carbocycles. The highest BCUT2D eigenvalue weighted by Crippen LogP contribution is 2.33. The van der Waals surface area contributed by atoms with Gasteiger partial charge in [-0.05, 0) is 55.1 Å². The molecule has 2 aliphatic heterocycles. The van der Waals surface area contributed by atoms with Crippen molar-refractivity contribution in [2.75, 3.05) is 68.0 Å². The third-order valence-corrected chi connectivity index (χ3v) is 9.15. The predicted molar refractivity (Wildman–Crippen MR) is 153 cm³/mol. The van der Waals surface area contributed by atoms with Crippen molar-refractivity contribution < 1.29 is 22.0 Å². The molecule has 0 saturated carbocycles. The maximum atomic E-state index is 15.1. The zero-order chi connectivity index (χ0) is 27.9. The highest BCUT2D eigenvalue weighted by Gasteiger charge is 2.27. The van der Waals surface area contributed by atoms with Crippen LogP contribution in [0, 0.1) is 5.82 Å². The van der Waals surface area contributed by atoms with E-state index in [1.165, 1.54) is 22.7 Å². The number of fused-ring (bicyclic) bond motifs is 1. The minimum absolute atomic E-state index is 0.0636. The van der Waals surface area contributed by atoms with Crippen LogP contribution in [0.15, 0.2) is 65.1 Å². The Kier molecular flexibility index (Phi) is 6.93. The van der Waals surface area contributed by atoms with E-state index in [0.717, 1.165) is 31.9 Å². The Hall–Kier alpha value is -3.96. The summed E-state index contributed by atoms with van der Waals surface area (Å²) in [6, 6.07) is 18.3. The number of halogens is 1. The van der Waals surface area contributed by atoms with Crippen LogP contribution in [0.4, 0.5) is 21.8 Å². The van der Waals surface area contributed by atoms with Crippen molar-refractivity contribution in [3.63, 3.8) is 0 Å². The number of piperazine rings is 1. The molecule has 0 radical (unpaired) electrons. The van der Waals surface area contributed by atoms with E-state index in [0.29, 0.717) is 28.2 Å². The molecule has 208 valence electrons. The van der Waals surface area contributed by atoms with Crippen molar-refractivity contribution in [3.05, 3.63) is 72.0 Å². The van der Waals surface area contributed by atoms with E-state index in [4.69, 9.17) is 4.42 Å². The van der Waals surface area contributed by atoms with E-state index in [1.54, 1.807) is 6.07 Å². The Morgan fingerprint density at radius 1 is 0.950 bits per heavy atom. The number of hydrogen-bond acceptors (Lipinski definition) is 8. The number of nitrogens with zero attached hydrogens (tertiary/aromatic N) is 4. The number of likely N-dealkylation sites (N-methyl/N-ethyl adjacent to an activating group) is 1. The maximum Gasteiger partial charge on any atom is 0.300 e. The van der Waals surface area contributed by atoms with Crippen LogP contribution < -0.4 is 10.2 Å². The molecule has 1 amide bonds. The van der Waals surface area contributed by atoms with Gasteiger partial charge in [0.1, 0.15) is 11.3 Å². The van der Waals surface area contributed by atoms with E-state index in [2.05, 4.69) is 39.3 Å². The van der Waals surface area contributed by atoms with Gasteiger partial charge in [0.2, 0.25) is 0 Å². The fraction of sp³-hybridized carbons (Fsp3) is 0.310. The number of sulfone groups is 1. The Bertz CT molecular complexity index is 1650. The lowest BCUT2D eigenvalue weighted by atomic mass is 10.0. The number of amides is 1. The molecule has 4 aromatic rings. The predicted octanol–water partition coefficient (Wildman–Crippen LogP) is 4.00. The monoisotopic (exact) mass is 563 g/mol. The first-order valence-electron chi connectivity index (χ1n) is 13.3. The Morgan fingerprint density at radius 2 is 1.68 bits per heavy atom. The summed E-state index contributed by atoms with van der Waals surface area (Å²) in [5, 5.41) is 3.22. The first kappa shape index (κ1) is 26.3. The highest BCUT2D eigenvalue weighted by atomic mass is 32.2. The molecule has 2 aliphatic rings. The maximum absolute atomic E-state index is 15.1. The van der Waals surface area contributed by atoms with Crippen LogP contribution in [-0.4, -0.2) is 86.9 Å². The quantitative estimate of drug-likeness (QED) is 0.389. The number of carbonyl (C=O) groups excluding carboxylic acids is 1. The summed E-state index contributed by atoms with van der Waals surface area (Å²) in [4.78, 5) is 23.5. The van der Waals surface area contributed by atoms with Crippen LogP contribution in [0.3, 0.4) is 0 Å². The first-order valence-corrected chi connectivity index (χ1v) is 15.1. The second-order valence-electron chi connectivity index (χ2n) is 10.3. The molecule has 0 unspecified atom stereocenters. The smallest absolute Gasteiger partial charge is 0.300 e. The van der Waals surface area contributed by atoms with Gasteiger partial charge >= 0.3 is 0 Å². The van der Waals surface area contributed by atoms with Gasteiger partial charge < -0.3 is 24.4 Å². The zero-order valence-corrected chi connectivity index (χ0v) is 23.0. The van der Waals surface area contributed by atoms with Gasteiger partial charge in [0.25, 0.3) is 11.9 Å². The fourth-order valence-electron chi connectivity index (χ4n) is 5.12. The van der Waals surface area contributed by atoms with Crippen LogP contribution in [0.1, 0.15) is 10.4 Å². The number of aromatic nitrogens is 1. The molecule has 3 heterocycles. The van der Waals surface area contributed by atoms with Crippen LogP contribution in [0.5, 0.6) is 0 Å². The molecule has 6 rings (SSSR count). The Balaban J connectivity index is 1.20. The van der Waals surface area contributed by atoms with E-state index in [-0.39, 0.29) is 30.2 Å². The second kappa shape index (κ2) is 10.5. The molecule has 2 saturated heterocycles. The van der Waals surface area contributed by atoms with Gasteiger partial charge in [-0.25, -0.2) is 12.8 Å². The minimum atomic E-state index is -3.14. The molecular weight excluding hydrogens is 533 g/mol. The Labute approximate surface area is 232 Å². The number of oxazole rings is 1.